The van der Waals surface area contributed by atoms with E-state index in [0.29, 0.717) is 10.8 Å². The maximum Gasteiger partial charge on any atom is 0.0657 e. The largest absolute Gasteiger partial charge is 0.393 e. The number of hydrogen-bond donors (Lipinski definition) is 2. The number of aliphatic hydroxyl groups excluding tert-OH is 1. The van der Waals surface area contributed by atoms with Crippen molar-refractivity contribution in [1.29, 1.82) is 0 Å². The molecule has 0 bridgehead atoms. The summed E-state index contributed by atoms with van der Waals surface area (Å²) in [6.07, 6.45) is 14.4. The second-order valence-electron chi connectivity index (χ2n) is 12.1. The van der Waals surface area contributed by atoms with E-state index in [1.165, 1.54) is 44.9 Å². The van der Waals surface area contributed by atoms with Crippen LogP contribution < -0.4 is 0 Å². The second-order valence-corrected chi connectivity index (χ2v) is 12.1. The van der Waals surface area contributed by atoms with Gasteiger partial charge in [-0.25, -0.2) is 0 Å². The standard InChI is InChI=1S/C26H44O2/c1-17(6-7-18(2)27)21-10-11-22-20-9-8-19-16-24(3,28)14-15-25(19,4)23(20)12-13-26(21,22)5/h8,17-18,20-23,27-28H,6-7,9-16H2,1-5H3/t17-,18?,20+,21-,22+,23+,24+,25+,26-/m1/s1. The first-order valence-electron chi connectivity index (χ1n) is 12.2. The Labute approximate surface area is 173 Å². The van der Waals surface area contributed by atoms with Crippen LogP contribution in [-0.2, 0) is 0 Å². The third-order valence-electron chi connectivity index (χ3n) is 10.2. The van der Waals surface area contributed by atoms with Crippen LogP contribution in [0, 0.1) is 40.4 Å². The molecule has 0 saturated heterocycles. The van der Waals surface area contributed by atoms with Gasteiger partial charge in [0, 0.05) is 0 Å². The molecule has 0 heterocycles. The molecule has 9 atom stereocenters. The molecule has 2 nitrogen and oxygen atoms in total. The van der Waals surface area contributed by atoms with Crippen LogP contribution in [0.2, 0.25) is 0 Å². The van der Waals surface area contributed by atoms with Crippen LogP contribution in [-0.4, -0.2) is 21.9 Å². The van der Waals surface area contributed by atoms with E-state index in [9.17, 15) is 10.2 Å². The van der Waals surface area contributed by atoms with E-state index in [2.05, 4.69) is 26.8 Å². The van der Waals surface area contributed by atoms with E-state index in [1.807, 2.05) is 13.8 Å². The van der Waals surface area contributed by atoms with Crippen LogP contribution in [0.4, 0.5) is 0 Å². The van der Waals surface area contributed by atoms with Crippen molar-refractivity contribution < 1.29 is 10.2 Å². The molecule has 0 amide bonds. The fourth-order valence-electron chi connectivity index (χ4n) is 8.49. The molecule has 4 aliphatic carbocycles. The molecule has 3 saturated carbocycles. The summed E-state index contributed by atoms with van der Waals surface area (Å²) in [4.78, 5) is 0. The molecule has 160 valence electrons. The van der Waals surface area contributed by atoms with Crippen LogP contribution in [0.25, 0.3) is 0 Å². The molecule has 0 aromatic carbocycles. The van der Waals surface area contributed by atoms with E-state index < -0.39 is 5.60 Å². The summed E-state index contributed by atoms with van der Waals surface area (Å²) < 4.78 is 0. The van der Waals surface area contributed by atoms with Crippen LogP contribution in [0.5, 0.6) is 0 Å². The Bertz CT molecular complexity index is 620. The number of fused-ring (bicyclic) bond motifs is 5. The Morgan fingerprint density at radius 2 is 1.75 bits per heavy atom. The Morgan fingerprint density at radius 3 is 2.46 bits per heavy atom. The van der Waals surface area contributed by atoms with Gasteiger partial charge in [-0.2, -0.15) is 0 Å². The van der Waals surface area contributed by atoms with Crippen LogP contribution in [0.1, 0.15) is 98.8 Å². The molecule has 4 rings (SSSR count). The molecule has 1 unspecified atom stereocenters. The molecule has 0 spiro atoms. The number of allylic oxidation sites excluding steroid dienone is 1. The number of rotatable bonds is 4. The van der Waals surface area contributed by atoms with Gasteiger partial charge in [-0.05, 0) is 118 Å². The summed E-state index contributed by atoms with van der Waals surface area (Å²) >= 11 is 0. The smallest absolute Gasteiger partial charge is 0.0657 e. The van der Waals surface area contributed by atoms with Crippen LogP contribution in [0.15, 0.2) is 11.6 Å². The van der Waals surface area contributed by atoms with Gasteiger partial charge in [-0.15, -0.1) is 0 Å². The van der Waals surface area contributed by atoms with E-state index in [-0.39, 0.29) is 6.10 Å². The first-order chi connectivity index (χ1) is 13.1. The van der Waals surface area contributed by atoms with Crippen molar-refractivity contribution in [1.82, 2.24) is 0 Å². The topological polar surface area (TPSA) is 40.5 Å². The molecule has 0 aromatic rings. The first-order valence-corrected chi connectivity index (χ1v) is 12.2. The molecular weight excluding hydrogens is 344 g/mol. The summed E-state index contributed by atoms with van der Waals surface area (Å²) in [5.41, 5.74) is 1.93. The molecule has 2 N–H and O–H groups in total. The Hall–Kier alpha value is -0.340. The average Bonchev–Trinajstić information content (AvgIpc) is 2.97. The molecule has 0 radical (unpaired) electrons. The molecule has 3 fully saturated rings. The van der Waals surface area contributed by atoms with Crippen molar-refractivity contribution in [2.45, 2.75) is 111 Å². The SMILES string of the molecule is CC(O)CC[C@@H](C)[C@H]1CC[C@H]2[C@@H]3CC=C4C[C@@](C)(O)CC[C@]4(C)[C@H]3CC[C@]12C. The Balaban J connectivity index is 1.54. The summed E-state index contributed by atoms with van der Waals surface area (Å²) in [7, 11) is 0. The molecule has 4 aliphatic rings. The predicted octanol–water partition coefficient (Wildman–Crippen LogP) is 6.11. The third kappa shape index (κ3) is 3.31. The Kier molecular flexibility index (Phi) is 5.32. The van der Waals surface area contributed by atoms with Gasteiger partial charge in [0.15, 0.2) is 0 Å². The van der Waals surface area contributed by atoms with E-state index in [1.54, 1.807) is 5.57 Å². The molecule has 28 heavy (non-hydrogen) atoms. The highest BCUT2D eigenvalue weighted by Gasteiger charge is 2.59. The van der Waals surface area contributed by atoms with Crippen molar-refractivity contribution >= 4 is 0 Å². The lowest BCUT2D eigenvalue weighted by Gasteiger charge is -2.59. The molecule has 0 aromatic heterocycles. The van der Waals surface area contributed by atoms with Crippen molar-refractivity contribution in [3.63, 3.8) is 0 Å². The van der Waals surface area contributed by atoms with E-state index >= 15 is 0 Å². The molecule has 0 aliphatic heterocycles. The lowest BCUT2D eigenvalue weighted by Crippen LogP contribution is -2.52. The van der Waals surface area contributed by atoms with Gasteiger partial charge in [0.2, 0.25) is 0 Å². The van der Waals surface area contributed by atoms with Crippen molar-refractivity contribution in [3.05, 3.63) is 11.6 Å². The summed E-state index contributed by atoms with van der Waals surface area (Å²) in [6, 6.07) is 0. The van der Waals surface area contributed by atoms with Gasteiger partial charge in [-0.1, -0.05) is 32.4 Å². The van der Waals surface area contributed by atoms with Crippen LogP contribution in [0.3, 0.4) is 0 Å². The highest BCUT2D eigenvalue weighted by atomic mass is 16.3. The minimum atomic E-state index is -0.487. The van der Waals surface area contributed by atoms with Crippen LogP contribution >= 0.6 is 0 Å². The maximum absolute atomic E-state index is 10.6. The lowest BCUT2D eigenvalue weighted by molar-refractivity contribution is -0.0708. The van der Waals surface area contributed by atoms with E-state index in [4.69, 9.17) is 0 Å². The van der Waals surface area contributed by atoms with E-state index in [0.717, 1.165) is 48.9 Å². The third-order valence-corrected chi connectivity index (χ3v) is 10.2. The second kappa shape index (κ2) is 7.12. The maximum atomic E-state index is 10.6. The minimum Gasteiger partial charge on any atom is -0.393 e. The molecule has 2 heteroatoms. The minimum absolute atomic E-state index is 0.159. The van der Waals surface area contributed by atoms with Crippen molar-refractivity contribution in [3.8, 4) is 0 Å². The highest BCUT2D eigenvalue weighted by Crippen LogP contribution is 2.67. The van der Waals surface area contributed by atoms with Gasteiger partial charge < -0.3 is 10.2 Å². The average molecular weight is 389 g/mol. The fraction of sp³-hybridized carbons (Fsp3) is 0.923. The number of aliphatic hydroxyl groups is 2. The van der Waals surface area contributed by atoms with Gasteiger partial charge in [0.1, 0.15) is 0 Å². The first kappa shape index (κ1) is 20.9. The normalized spacial score (nSPS) is 50.2. The zero-order chi connectivity index (χ0) is 20.3. The van der Waals surface area contributed by atoms with Gasteiger partial charge in [-0.3, -0.25) is 0 Å². The van der Waals surface area contributed by atoms with Crippen molar-refractivity contribution in [2.75, 3.05) is 0 Å². The summed E-state index contributed by atoms with van der Waals surface area (Å²) in [5.74, 6) is 4.12. The lowest BCUT2D eigenvalue weighted by atomic mass is 9.46. The van der Waals surface area contributed by atoms with Crippen molar-refractivity contribution in [2.24, 2.45) is 40.4 Å². The quantitative estimate of drug-likeness (QED) is 0.570. The number of hydrogen-bond acceptors (Lipinski definition) is 2. The summed E-state index contributed by atoms with van der Waals surface area (Å²) in [6.45, 7) is 11.6. The highest BCUT2D eigenvalue weighted by molar-refractivity contribution is 5.26. The predicted molar refractivity (Wildman–Crippen MR) is 116 cm³/mol. The molecular formula is C26H44O2. The van der Waals surface area contributed by atoms with Gasteiger partial charge in [0.25, 0.3) is 0 Å². The zero-order valence-corrected chi connectivity index (χ0v) is 19.0. The van der Waals surface area contributed by atoms with Gasteiger partial charge >= 0.3 is 0 Å². The summed E-state index contributed by atoms with van der Waals surface area (Å²) in [5, 5.41) is 20.4. The van der Waals surface area contributed by atoms with Gasteiger partial charge in [0.05, 0.1) is 11.7 Å². The zero-order valence-electron chi connectivity index (χ0n) is 19.0. The fourth-order valence-corrected chi connectivity index (χ4v) is 8.49. The monoisotopic (exact) mass is 388 g/mol. The Morgan fingerprint density at radius 1 is 1.00 bits per heavy atom.